The van der Waals surface area contributed by atoms with Gasteiger partial charge in [-0.05, 0) is 58.9 Å². The minimum absolute atomic E-state index is 0.00323. The van der Waals surface area contributed by atoms with Gasteiger partial charge >= 0.3 is 5.97 Å². The Morgan fingerprint density at radius 1 is 0.825 bits per heavy atom. The first-order chi connectivity index (χ1) is 19.3. The van der Waals surface area contributed by atoms with Gasteiger partial charge in [0.25, 0.3) is 5.91 Å². The summed E-state index contributed by atoms with van der Waals surface area (Å²) in [6.07, 6.45) is 0.249. The van der Waals surface area contributed by atoms with E-state index in [1.54, 1.807) is 24.3 Å². The van der Waals surface area contributed by atoms with Gasteiger partial charge in [0.15, 0.2) is 6.61 Å². The Kier molecular flexibility index (Phi) is 6.82. The lowest BCUT2D eigenvalue weighted by molar-refractivity contribution is -0.160. The van der Waals surface area contributed by atoms with Crippen molar-refractivity contribution in [1.82, 2.24) is 4.90 Å². The number of rotatable bonds is 7. The number of nitrogens with zero attached hydrogens (tertiary/aromatic N) is 1. The third-order valence-electron chi connectivity index (χ3n) is 8.23. The lowest BCUT2D eigenvalue weighted by Crippen LogP contribution is -2.47. The summed E-state index contributed by atoms with van der Waals surface area (Å²) in [5.74, 6) is -3.59. The number of nitrogens with one attached hydrogen (secondary N) is 1. The van der Waals surface area contributed by atoms with Crippen LogP contribution in [0.3, 0.4) is 0 Å². The van der Waals surface area contributed by atoms with Crippen molar-refractivity contribution in [1.29, 1.82) is 0 Å². The Morgan fingerprint density at radius 3 is 1.75 bits per heavy atom. The zero-order chi connectivity index (χ0) is 28.1. The number of imide groups is 1. The molecule has 204 valence electrons. The molecule has 1 aliphatic heterocycles. The summed E-state index contributed by atoms with van der Waals surface area (Å²) in [5.41, 5.74) is 4.85. The first kappa shape index (κ1) is 26.4. The van der Waals surface area contributed by atoms with Crippen LogP contribution in [0.2, 0.25) is 0 Å². The fourth-order valence-electron chi connectivity index (χ4n) is 6.72. The van der Waals surface area contributed by atoms with Gasteiger partial charge in [-0.3, -0.25) is 19.3 Å². The highest BCUT2D eigenvalue weighted by Gasteiger charge is 2.63. The summed E-state index contributed by atoms with van der Waals surface area (Å²) < 4.78 is 6.28. The maximum Gasteiger partial charge on any atom is 0.329 e. The second-order valence-corrected chi connectivity index (χ2v) is 12.0. The zero-order valence-electron chi connectivity index (χ0n) is 22.2. The van der Waals surface area contributed by atoms with Gasteiger partial charge in [-0.2, -0.15) is 0 Å². The Bertz CT molecular complexity index is 1400. The molecule has 1 saturated heterocycles. The van der Waals surface area contributed by atoms with Crippen LogP contribution >= 0.6 is 15.9 Å². The highest BCUT2D eigenvalue weighted by molar-refractivity contribution is 9.10. The molecule has 8 heteroatoms. The van der Waals surface area contributed by atoms with Crippen LogP contribution < -0.4 is 5.32 Å². The topological polar surface area (TPSA) is 92.8 Å². The van der Waals surface area contributed by atoms with Crippen LogP contribution in [0.4, 0.5) is 5.69 Å². The first-order valence-corrected chi connectivity index (χ1v) is 14.3. The van der Waals surface area contributed by atoms with Crippen molar-refractivity contribution < 1.29 is 23.9 Å². The minimum atomic E-state index is -1.10. The molecular formula is C32H29BrN2O5. The molecule has 0 unspecified atom stereocenters. The maximum absolute atomic E-state index is 14.1. The van der Waals surface area contributed by atoms with Gasteiger partial charge in [-0.15, -0.1) is 0 Å². The van der Waals surface area contributed by atoms with E-state index in [4.69, 9.17) is 4.74 Å². The summed E-state index contributed by atoms with van der Waals surface area (Å²) in [4.78, 5) is 55.3. The lowest BCUT2D eigenvalue weighted by Gasteiger charge is -2.45. The van der Waals surface area contributed by atoms with Crippen molar-refractivity contribution in [3.05, 3.63) is 99.5 Å². The van der Waals surface area contributed by atoms with Crippen LogP contribution in [-0.4, -0.2) is 41.2 Å². The van der Waals surface area contributed by atoms with Crippen molar-refractivity contribution in [2.24, 2.45) is 17.8 Å². The fourth-order valence-corrected chi connectivity index (χ4v) is 6.99. The number of likely N-dealkylation sites (tertiary alicyclic amines) is 1. The molecule has 3 aromatic carbocycles. The largest absolute Gasteiger partial charge is 0.454 e. The normalized spacial score (nSPS) is 22.9. The van der Waals surface area contributed by atoms with E-state index in [-0.39, 0.29) is 36.0 Å². The number of esters is 1. The summed E-state index contributed by atoms with van der Waals surface area (Å²) >= 11 is 3.35. The predicted molar refractivity (Wildman–Crippen MR) is 152 cm³/mol. The molecule has 4 aliphatic rings. The number of hydrogen-bond acceptors (Lipinski definition) is 5. The van der Waals surface area contributed by atoms with E-state index in [0.717, 1.165) is 31.6 Å². The highest BCUT2D eigenvalue weighted by atomic mass is 79.9. The number of amides is 3. The van der Waals surface area contributed by atoms with Crippen LogP contribution in [0.25, 0.3) is 0 Å². The van der Waals surface area contributed by atoms with E-state index in [2.05, 4.69) is 21.2 Å². The van der Waals surface area contributed by atoms with E-state index in [1.165, 1.54) is 0 Å². The molecular weight excluding hydrogens is 572 g/mol. The Morgan fingerprint density at radius 2 is 1.30 bits per heavy atom. The standard InChI is InChI=1S/C32H29BrN2O5/c1-17(2)15-24(32(39)40-16-25(36)34-19-13-11-18(33)12-14-19)35-30(37)28-26-20-7-3-4-8-21(20)27(29(28)31(35)38)23-10-6-5-9-22(23)26/h3-14,17,24,26-29H,15-16H2,1-2H3,(H,34,36)/t24-,26?,27?,28+,29+/m1/s1. The van der Waals surface area contributed by atoms with Gasteiger partial charge in [0.05, 0.1) is 11.8 Å². The molecule has 0 spiro atoms. The second-order valence-electron chi connectivity index (χ2n) is 11.1. The number of carbonyl (C=O) groups excluding carboxylic acids is 4. The number of hydrogen-bond donors (Lipinski definition) is 1. The van der Waals surface area contributed by atoms with Crippen molar-refractivity contribution in [3.63, 3.8) is 0 Å². The number of halogens is 1. The third kappa shape index (κ3) is 4.35. The highest BCUT2D eigenvalue weighted by Crippen LogP contribution is 2.61. The van der Waals surface area contributed by atoms with E-state index >= 15 is 0 Å². The molecule has 1 heterocycles. The Hall–Kier alpha value is -3.78. The van der Waals surface area contributed by atoms with E-state index in [1.807, 2.05) is 62.4 Å². The van der Waals surface area contributed by atoms with Crippen molar-refractivity contribution in [2.75, 3.05) is 11.9 Å². The molecule has 7 rings (SSSR count). The summed E-state index contributed by atoms with van der Waals surface area (Å²) in [6.45, 7) is 3.33. The smallest absolute Gasteiger partial charge is 0.329 e. The lowest BCUT2D eigenvalue weighted by atomic mass is 9.55. The van der Waals surface area contributed by atoms with Crippen LogP contribution in [0.15, 0.2) is 77.3 Å². The Labute approximate surface area is 241 Å². The van der Waals surface area contributed by atoms with Crippen molar-refractivity contribution in [2.45, 2.75) is 38.1 Å². The molecule has 40 heavy (non-hydrogen) atoms. The van der Waals surface area contributed by atoms with Crippen LogP contribution in [-0.2, 0) is 23.9 Å². The van der Waals surface area contributed by atoms with Crippen LogP contribution in [0.1, 0.15) is 54.4 Å². The van der Waals surface area contributed by atoms with E-state index < -0.39 is 36.4 Å². The van der Waals surface area contributed by atoms with Gasteiger partial charge in [0, 0.05) is 22.0 Å². The molecule has 1 N–H and O–H groups in total. The van der Waals surface area contributed by atoms with E-state index in [9.17, 15) is 19.2 Å². The maximum atomic E-state index is 14.1. The number of anilines is 1. The van der Waals surface area contributed by atoms with Gasteiger partial charge in [0.1, 0.15) is 6.04 Å². The molecule has 0 aromatic heterocycles. The van der Waals surface area contributed by atoms with Gasteiger partial charge < -0.3 is 10.1 Å². The molecule has 0 radical (unpaired) electrons. The van der Waals surface area contributed by atoms with Crippen LogP contribution in [0, 0.1) is 17.8 Å². The van der Waals surface area contributed by atoms with Crippen molar-refractivity contribution in [3.8, 4) is 0 Å². The predicted octanol–water partition coefficient (Wildman–Crippen LogP) is 5.24. The van der Waals surface area contributed by atoms with Gasteiger partial charge in [-0.1, -0.05) is 78.3 Å². The monoisotopic (exact) mass is 600 g/mol. The molecule has 1 fully saturated rings. The van der Waals surface area contributed by atoms with Crippen LogP contribution in [0.5, 0.6) is 0 Å². The molecule has 2 bridgehead atoms. The number of benzene rings is 3. The third-order valence-corrected chi connectivity index (χ3v) is 8.76. The average Bonchev–Trinajstić information content (AvgIpc) is 3.21. The first-order valence-electron chi connectivity index (χ1n) is 13.5. The molecule has 0 saturated carbocycles. The average molecular weight is 601 g/mol. The SMILES string of the molecule is CC(C)C[C@H](C(=O)OCC(=O)Nc1ccc(Br)cc1)N1C(=O)[C@H]2C3c4ccccc4C(c4ccccc43)[C@@H]2C1=O. The molecule has 3 aliphatic carbocycles. The van der Waals surface area contributed by atoms with E-state index in [0.29, 0.717) is 5.69 Å². The summed E-state index contributed by atoms with van der Waals surface area (Å²) in [5, 5.41) is 2.69. The van der Waals surface area contributed by atoms with Gasteiger partial charge in [-0.25, -0.2) is 4.79 Å². The fraction of sp³-hybridized carbons (Fsp3) is 0.312. The number of ether oxygens (including phenoxy) is 1. The summed E-state index contributed by atoms with van der Waals surface area (Å²) in [6, 6.07) is 22.0. The molecule has 7 nitrogen and oxygen atoms in total. The number of carbonyl (C=O) groups is 4. The van der Waals surface area contributed by atoms with Crippen molar-refractivity contribution >= 4 is 45.3 Å². The minimum Gasteiger partial charge on any atom is -0.454 e. The molecule has 3 atom stereocenters. The second kappa shape index (κ2) is 10.3. The molecule has 3 amide bonds. The van der Waals surface area contributed by atoms with Gasteiger partial charge in [0.2, 0.25) is 11.8 Å². The molecule has 3 aromatic rings. The zero-order valence-corrected chi connectivity index (χ0v) is 23.8. The summed E-state index contributed by atoms with van der Waals surface area (Å²) in [7, 11) is 0. The quantitative estimate of drug-likeness (QED) is 0.296. The Balaban J connectivity index is 1.27.